The van der Waals surface area contributed by atoms with Crippen molar-refractivity contribution in [1.82, 2.24) is 0 Å². The maximum atomic E-state index is 13.9. The highest BCUT2D eigenvalue weighted by Gasteiger charge is 2.48. The first-order chi connectivity index (χ1) is 19.3. The first kappa shape index (κ1) is 23.4. The molecular weight excluding hydrogens is 493 g/mol. The van der Waals surface area contributed by atoms with E-state index in [1.807, 2.05) is 12.1 Å². The van der Waals surface area contributed by atoms with E-state index in [0.29, 0.717) is 0 Å². The second kappa shape index (κ2) is 9.54. The standard InChI is InChI=1S/C36H26FNSi/c37-28-25-23-27(24-26-28)31-17-7-8-18-32(31)38-33-19-9-11-21-35(33)39(29-13-3-1-4-14-29,30-15-5-2-6-16-30)36-22-12-10-20-34(36)38/h1-26H. The van der Waals surface area contributed by atoms with Crippen LogP contribution in [0.15, 0.2) is 158 Å². The number of hydrogen-bond donors (Lipinski definition) is 0. The molecule has 0 atom stereocenters. The summed E-state index contributed by atoms with van der Waals surface area (Å²) in [7, 11) is -2.65. The Kier molecular flexibility index (Phi) is 5.72. The van der Waals surface area contributed by atoms with Gasteiger partial charge in [0.15, 0.2) is 8.07 Å². The molecular formula is C36H26FNSi. The molecule has 0 N–H and O–H groups in total. The van der Waals surface area contributed by atoms with Crippen molar-refractivity contribution in [3.63, 3.8) is 0 Å². The molecule has 0 aliphatic carbocycles. The van der Waals surface area contributed by atoms with Crippen molar-refractivity contribution in [3.8, 4) is 11.1 Å². The summed E-state index contributed by atoms with van der Waals surface area (Å²) >= 11 is 0. The molecule has 1 nitrogen and oxygen atoms in total. The fourth-order valence-electron chi connectivity index (χ4n) is 6.21. The van der Waals surface area contributed by atoms with Crippen LogP contribution in [0.2, 0.25) is 0 Å². The summed E-state index contributed by atoms with van der Waals surface area (Å²) in [4.78, 5) is 2.40. The Balaban J connectivity index is 1.58. The number of hydrogen-bond acceptors (Lipinski definition) is 1. The van der Waals surface area contributed by atoms with Crippen LogP contribution in [0, 0.1) is 5.82 Å². The highest BCUT2D eigenvalue weighted by Crippen LogP contribution is 2.42. The zero-order valence-electron chi connectivity index (χ0n) is 21.3. The maximum Gasteiger partial charge on any atom is 0.184 e. The molecule has 39 heavy (non-hydrogen) atoms. The Hall–Kier alpha value is -4.73. The lowest BCUT2D eigenvalue weighted by atomic mass is 10.0. The monoisotopic (exact) mass is 519 g/mol. The van der Waals surface area contributed by atoms with E-state index in [0.717, 1.165) is 16.8 Å². The zero-order chi connectivity index (χ0) is 26.2. The molecule has 0 amide bonds. The van der Waals surface area contributed by atoms with Gasteiger partial charge in [-0.05, 0) is 56.6 Å². The summed E-state index contributed by atoms with van der Waals surface area (Å²) in [6, 6.07) is 55.0. The Morgan fingerprint density at radius 3 is 1.38 bits per heavy atom. The number of nitrogens with zero attached hydrogens (tertiary/aromatic N) is 1. The van der Waals surface area contributed by atoms with E-state index in [1.54, 1.807) is 0 Å². The van der Waals surface area contributed by atoms with Crippen LogP contribution in [0.4, 0.5) is 21.5 Å². The fourth-order valence-corrected chi connectivity index (χ4v) is 11.3. The second-order valence-corrected chi connectivity index (χ2v) is 13.6. The van der Waals surface area contributed by atoms with E-state index in [2.05, 4.69) is 138 Å². The smallest absolute Gasteiger partial charge is 0.184 e. The zero-order valence-corrected chi connectivity index (χ0v) is 22.3. The largest absolute Gasteiger partial charge is 0.310 e. The van der Waals surface area contributed by atoms with Crippen LogP contribution in [-0.4, -0.2) is 8.07 Å². The lowest BCUT2D eigenvalue weighted by Gasteiger charge is -2.45. The number of halogens is 1. The minimum atomic E-state index is -2.65. The molecule has 7 rings (SSSR count). The van der Waals surface area contributed by atoms with Crippen LogP contribution in [-0.2, 0) is 0 Å². The molecule has 186 valence electrons. The lowest BCUT2D eigenvalue weighted by Crippen LogP contribution is -2.77. The average Bonchev–Trinajstić information content (AvgIpc) is 3.01. The van der Waals surface area contributed by atoms with E-state index in [-0.39, 0.29) is 5.82 Å². The number of benzene rings is 6. The Morgan fingerprint density at radius 2 is 0.846 bits per heavy atom. The van der Waals surface area contributed by atoms with E-state index < -0.39 is 8.07 Å². The van der Waals surface area contributed by atoms with Gasteiger partial charge in [-0.3, -0.25) is 0 Å². The van der Waals surface area contributed by atoms with E-state index in [9.17, 15) is 4.39 Å². The van der Waals surface area contributed by atoms with Gasteiger partial charge in [0.05, 0.1) is 5.69 Å². The Morgan fingerprint density at radius 1 is 0.410 bits per heavy atom. The summed E-state index contributed by atoms with van der Waals surface area (Å²) < 4.78 is 13.9. The molecule has 1 aliphatic rings. The highest BCUT2D eigenvalue weighted by atomic mass is 28.3. The van der Waals surface area contributed by atoms with Gasteiger partial charge in [0.2, 0.25) is 0 Å². The van der Waals surface area contributed by atoms with Crippen LogP contribution in [0.5, 0.6) is 0 Å². The van der Waals surface area contributed by atoms with E-state index in [1.165, 1.54) is 44.3 Å². The molecule has 1 heterocycles. The Bertz CT molecular complexity index is 1680. The van der Waals surface area contributed by atoms with Crippen molar-refractivity contribution < 1.29 is 4.39 Å². The van der Waals surface area contributed by atoms with Crippen molar-refractivity contribution in [2.75, 3.05) is 4.90 Å². The van der Waals surface area contributed by atoms with Gasteiger partial charge in [-0.2, -0.15) is 0 Å². The minimum Gasteiger partial charge on any atom is -0.310 e. The van der Waals surface area contributed by atoms with Gasteiger partial charge in [-0.25, -0.2) is 4.39 Å². The van der Waals surface area contributed by atoms with Crippen molar-refractivity contribution in [2.24, 2.45) is 0 Å². The number of para-hydroxylation sites is 3. The summed E-state index contributed by atoms with van der Waals surface area (Å²) in [5.74, 6) is -0.230. The van der Waals surface area contributed by atoms with Crippen LogP contribution in [0.25, 0.3) is 11.1 Å². The molecule has 0 unspecified atom stereocenters. The third-order valence-corrected chi connectivity index (χ3v) is 12.7. The maximum absolute atomic E-state index is 13.9. The van der Waals surface area contributed by atoms with E-state index >= 15 is 0 Å². The molecule has 0 radical (unpaired) electrons. The molecule has 6 aromatic rings. The molecule has 6 aromatic carbocycles. The molecule has 1 aliphatic heterocycles. The molecule has 0 fully saturated rings. The van der Waals surface area contributed by atoms with Gasteiger partial charge >= 0.3 is 0 Å². The third-order valence-electron chi connectivity index (χ3n) is 7.81. The predicted octanol–water partition coefficient (Wildman–Crippen LogP) is 6.65. The van der Waals surface area contributed by atoms with Crippen molar-refractivity contribution in [1.29, 1.82) is 0 Å². The Labute approximate surface area is 229 Å². The molecule has 0 saturated carbocycles. The third kappa shape index (κ3) is 3.66. The molecule has 3 heteroatoms. The summed E-state index contributed by atoms with van der Waals surface area (Å²) in [5, 5.41) is 5.44. The normalized spacial score (nSPS) is 13.4. The van der Waals surface area contributed by atoms with Crippen LogP contribution < -0.4 is 25.6 Å². The molecule has 0 aromatic heterocycles. The van der Waals surface area contributed by atoms with Crippen LogP contribution >= 0.6 is 0 Å². The van der Waals surface area contributed by atoms with Gasteiger partial charge in [-0.15, -0.1) is 0 Å². The number of rotatable bonds is 4. The van der Waals surface area contributed by atoms with Crippen molar-refractivity contribution in [3.05, 3.63) is 164 Å². The average molecular weight is 520 g/mol. The van der Waals surface area contributed by atoms with Gasteiger partial charge in [0.25, 0.3) is 0 Å². The lowest BCUT2D eigenvalue weighted by molar-refractivity contribution is 0.628. The first-order valence-electron chi connectivity index (χ1n) is 13.2. The van der Waals surface area contributed by atoms with Gasteiger partial charge in [-0.1, -0.05) is 127 Å². The molecule has 0 saturated heterocycles. The van der Waals surface area contributed by atoms with Gasteiger partial charge in [0.1, 0.15) is 5.82 Å². The fraction of sp³-hybridized carbons (Fsp3) is 0. The van der Waals surface area contributed by atoms with Crippen molar-refractivity contribution >= 4 is 45.9 Å². The van der Waals surface area contributed by atoms with Crippen LogP contribution in [0.1, 0.15) is 0 Å². The van der Waals surface area contributed by atoms with Crippen molar-refractivity contribution in [2.45, 2.75) is 0 Å². The quantitative estimate of drug-likeness (QED) is 0.235. The summed E-state index contributed by atoms with van der Waals surface area (Å²) in [6.45, 7) is 0. The highest BCUT2D eigenvalue weighted by molar-refractivity contribution is 7.21. The van der Waals surface area contributed by atoms with Gasteiger partial charge < -0.3 is 4.90 Å². The van der Waals surface area contributed by atoms with Crippen LogP contribution in [0.3, 0.4) is 0 Å². The second-order valence-electron chi connectivity index (χ2n) is 9.88. The molecule has 0 spiro atoms. The number of anilines is 3. The number of fused-ring (bicyclic) bond motifs is 2. The first-order valence-corrected chi connectivity index (χ1v) is 15.2. The summed E-state index contributed by atoms with van der Waals surface area (Å²) in [6.07, 6.45) is 0. The SMILES string of the molecule is Fc1ccc(-c2ccccc2N2c3ccccc3[Si](c3ccccc3)(c3ccccc3)c3ccccc32)cc1. The molecule has 0 bridgehead atoms. The predicted molar refractivity (Wildman–Crippen MR) is 164 cm³/mol. The summed E-state index contributed by atoms with van der Waals surface area (Å²) in [5.41, 5.74) is 5.50. The van der Waals surface area contributed by atoms with E-state index in [4.69, 9.17) is 0 Å². The topological polar surface area (TPSA) is 3.24 Å². The van der Waals surface area contributed by atoms with Gasteiger partial charge in [0, 0.05) is 16.9 Å². The minimum absolute atomic E-state index is 0.230.